The van der Waals surface area contributed by atoms with Gasteiger partial charge in [-0.3, -0.25) is 4.79 Å². The molecule has 0 bridgehead atoms. The summed E-state index contributed by atoms with van der Waals surface area (Å²) in [5, 5.41) is 3.34. The van der Waals surface area contributed by atoms with Crippen LogP contribution in [0.1, 0.15) is 67.7 Å². The molecule has 1 fully saturated rings. The number of rotatable bonds is 7. The fraction of sp³-hybridized carbons (Fsp3) is 0.448. The van der Waals surface area contributed by atoms with Crippen molar-refractivity contribution in [3.8, 4) is 0 Å². The van der Waals surface area contributed by atoms with E-state index >= 15 is 0 Å². The van der Waals surface area contributed by atoms with Gasteiger partial charge in [-0.1, -0.05) is 49.2 Å². The first kappa shape index (κ1) is 25.9. The van der Waals surface area contributed by atoms with Crippen molar-refractivity contribution in [3.05, 3.63) is 70.5 Å². The first-order valence-corrected chi connectivity index (χ1v) is 13.8. The zero-order valence-electron chi connectivity index (χ0n) is 21.1. The Kier molecular flexibility index (Phi) is 8.35. The highest BCUT2D eigenvalue weighted by molar-refractivity contribution is 8.22. The molecule has 0 radical (unpaired) electrons. The van der Waals surface area contributed by atoms with Gasteiger partial charge >= 0.3 is 0 Å². The Morgan fingerprint density at radius 2 is 1.89 bits per heavy atom. The van der Waals surface area contributed by atoms with Crippen LogP contribution in [0.15, 0.2) is 53.1 Å². The number of amides is 1. The number of thioether (sulfide) groups is 1. The SMILES string of the molecule is CCCCO[C@H]1CCC[C@@]2(C1)NC(=O)C(c1c(C)cc(C)cc1C)=C2OC(=S)Sc1ccccc1. The van der Waals surface area contributed by atoms with Crippen molar-refractivity contribution >= 4 is 39.8 Å². The number of carbonyl (C=O) groups excluding carboxylic acids is 1. The summed E-state index contributed by atoms with van der Waals surface area (Å²) in [5.41, 5.74) is 4.27. The number of nitrogens with one attached hydrogen (secondary N) is 1. The summed E-state index contributed by atoms with van der Waals surface area (Å²) in [6, 6.07) is 14.2. The number of ether oxygens (including phenoxy) is 2. The van der Waals surface area contributed by atoms with Gasteiger partial charge in [0.05, 0.1) is 11.7 Å². The molecule has 35 heavy (non-hydrogen) atoms. The average Bonchev–Trinajstić information content (AvgIpc) is 3.04. The van der Waals surface area contributed by atoms with Gasteiger partial charge in [-0.15, -0.1) is 0 Å². The number of hydrogen-bond donors (Lipinski definition) is 1. The highest BCUT2D eigenvalue weighted by Crippen LogP contribution is 2.46. The minimum absolute atomic E-state index is 0.0863. The molecule has 6 heteroatoms. The Morgan fingerprint density at radius 1 is 1.17 bits per heavy atom. The Labute approximate surface area is 218 Å². The molecule has 1 aliphatic heterocycles. The lowest BCUT2D eigenvalue weighted by Gasteiger charge is -2.39. The Bertz CT molecular complexity index is 1100. The Hall–Kier alpha value is -2.15. The maximum atomic E-state index is 13.6. The molecule has 2 aromatic rings. The monoisotopic (exact) mass is 509 g/mol. The molecule has 2 atom stereocenters. The average molecular weight is 510 g/mol. The van der Waals surface area contributed by atoms with Gasteiger partial charge in [-0.2, -0.15) is 0 Å². The standard InChI is InChI=1S/C29H35NO3S2/c1-5-6-15-32-22-11-10-14-29(18-22)26(33-28(34)35-23-12-8-7-9-13-23)25(27(31)30-29)24-20(3)16-19(2)17-21(24)4/h7-9,12-13,16-17,22H,5-6,10-11,14-15,18H2,1-4H3,(H,30,31)/t22-,29-/m0/s1. The summed E-state index contributed by atoms with van der Waals surface area (Å²) in [6.45, 7) is 9.12. The second kappa shape index (κ2) is 11.3. The molecule has 4 nitrogen and oxygen atoms in total. The topological polar surface area (TPSA) is 47.6 Å². The van der Waals surface area contributed by atoms with Gasteiger partial charge in [-0.05, 0) is 99.3 Å². The number of carbonyl (C=O) groups is 1. The molecular weight excluding hydrogens is 474 g/mol. The van der Waals surface area contributed by atoms with Gasteiger partial charge in [-0.25, -0.2) is 0 Å². The number of hydrogen-bond acceptors (Lipinski definition) is 5. The largest absolute Gasteiger partial charge is 0.440 e. The first-order valence-electron chi connectivity index (χ1n) is 12.5. The van der Waals surface area contributed by atoms with E-state index in [0.29, 0.717) is 22.1 Å². The summed E-state index contributed by atoms with van der Waals surface area (Å²) in [7, 11) is 0. The predicted molar refractivity (Wildman–Crippen MR) is 148 cm³/mol. The van der Waals surface area contributed by atoms with Crippen LogP contribution in [-0.2, 0) is 14.3 Å². The molecule has 1 spiro atoms. The van der Waals surface area contributed by atoms with Crippen LogP contribution in [-0.4, -0.2) is 28.5 Å². The maximum absolute atomic E-state index is 13.6. The molecule has 2 aliphatic rings. The summed E-state index contributed by atoms with van der Waals surface area (Å²) in [6.07, 6.45) is 5.70. The van der Waals surface area contributed by atoms with Crippen LogP contribution in [0.3, 0.4) is 0 Å². The van der Waals surface area contributed by atoms with Gasteiger partial charge in [0.2, 0.25) is 4.38 Å². The summed E-state index contributed by atoms with van der Waals surface area (Å²) in [4.78, 5) is 14.6. The molecule has 0 aromatic heterocycles. The maximum Gasteiger partial charge on any atom is 0.256 e. The zero-order chi connectivity index (χ0) is 25.0. The molecule has 0 unspecified atom stereocenters. The molecule has 2 aromatic carbocycles. The van der Waals surface area contributed by atoms with Crippen molar-refractivity contribution in [2.24, 2.45) is 0 Å². The van der Waals surface area contributed by atoms with Crippen molar-refractivity contribution in [1.82, 2.24) is 5.32 Å². The van der Waals surface area contributed by atoms with Crippen molar-refractivity contribution in [2.75, 3.05) is 6.61 Å². The second-order valence-corrected chi connectivity index (χ2v) is 11.4. The number of thiocarbonyl (C=S) groups is 1. The van der Waals surface area contributed by atoms with Gasteiger partial charge in [0.1, 0.15) is 11.3 Å². The summed E-state index contributed by atoms with van der Waals surface area (Å²) >= 11 is 7.11. The van der Waals surface area contributed by atoms with Crippen molar-refractivity contribution in [3.63, 3.8) is 0 Å². The molecule has 1 amide bonds. The molecule has 186 valence electrons. The van der Waals surface area contributed by atoms with Gasteiger partial charge < -0.3 is 14.8 Å². The van der Waals surface area contributed by atoms with E-state index in [1.54, 1.807) is 0 Å². The number of aryl methyl sites for hydroxylation is 3. The van der Waals surface area contributed by atoms with Crippen LogP contribution in [0.25, 0.3) is 5.57 Å². The van der Waals surface area contributed by atoms with Crippen molar-refractivity contribution in [2.45, 2.75) is 82.8 Å². The summed E-state index contributed by atoms with van der Waals surface area (Å²) < 4.78 is 13.1. The van der Waals surface area contributed by atoms with E-state index in [9.17, 15) is 4.79 Å². The van der Waals surface area contributed by atoms with E-state index in [0.717, 1.165) is 60.3 Å². The minimum atomic E-state index is -0.605. The van der Waals surface area contributed by atoms with Crippen LogP contribution in [0.4, 0.5) is 0 Å². The van der Waals surface area contributed by atoms with E-state index < -0.39 is 5.54 Å². The number of unbranched alkanes of at least 4 members (excludes halogenated alkanes) is 1. The molecule has 0 saturated heterocycles. The lowest BCUT2D eigenvalue weighted by molar-refractivity contribution is -0.117. The fourth-order valence-corrected chi connectivity index (χ4v) is 6.38. The normalized spacial score (nSPS) is 21.9. The highest BCUT2D eigenvalue weighted by atomic mass is 32.2. The molecule has 1 N–H and O–H groups in total. The molecule has 1 heterocycles. The lowest BCUT2D eigenvalue weighted by Crippen LogP contribution is -2.50. The van der Waals surface area contributed by atoms with Gasteiger partial charge in [0.15, 0.2) is 0 Å². The van der Waals surface area contributed by atoms with E-state index in [-0.39, 0.29) is 12.0 Å². The Morgan fingerprint density at radius 3 is 2.57 bits per heavy atom. The quantitative estimate of drug-likeness (QED) is 0.246. The van der Waals surface area contributed by atoms with Crippen LogP contribution in [0.2, 0.25) is 0 Å². The van der Waals surface area contributed by atoms with E-state index in [2.05, 4.69) is 45.1 Å². The third kappa shape index (κ3) is 5.82. The smallest absolute Gasteiger partial charge is 0.256 e. The van der Waals surface area contributed by atoms with E-state index in [4.69, 9.17) is 21.7 Å². The highest BCUT2D eigenvalue weighted by Gasteiger charge is 2.51. The summed E-state index contributed by atoms with van der Waals surface area (Å²) in [5.74, 6) is 0.576. The van der Waals surface area contributed by atoms with Crippen molar-refractivity contribution in [1.29, 1.82) is 0 Å². The lowest BCUT2D eigenvalue weighted by atomic mass is 9.78. The van der Waals surface area contributed by atoms with Crippen LogP contribution in [0.5, 0.6) is 0 Å². The zero-order valence-corrected chi connectivity index (χ0v) is 22.7. The van der Waals surface area contributed by atoms with Crippen LogP contribution >= 0.6 is 24.0 Å². The molecule has 4 rings (SSSR count). The van der Waals surface area contributed by atoms with E-state index in [1.165, 1.54) is 17.3 Å². The van der Waals surface area contributed by atoms with Crippen molar-refractivity contribution < 1.29 is 14.3 Å². The molecular formula is C29H35NO3S2. The van der Waals surface area contributed by atoms with Crippen LogP contribution < -0.4 is 5.32 Å². The fourth-order valence-electron chi connectivity index (χ4n) is 5.40. The Balaban J connectivity index is 1.74. The van der Waals surface area contributed by atoms with E-state index in [1.807, 2.05) is 30.3 Å². The van der Waals surface area contributed by atoms with Gasteiger partial charge in [0, 0.05) is 17.9 Å². The molecule has 1 aliphatic carbocycles. The van der Waals surface area contributed by atoms with Crippen LogP contribution in [0, 0.1) is 20.8 Å². The van der Waals surface area contributed by atoms with Gasteiger partial charge in [0.25, 0.3) is 5.91 Å². The first-order chi connectivity index (χ1) is 16.8. The second-order valence-electron chi connectivity index (χ2n) is 9.72. The third-order valence-corrected chi connectivity index (χ3v) is 7.95. The minimum Gasteiger partial charge on any atom is -0.440 e. The third-order valence-electron chi connectivity index (χ3n) is 6.86. The molecule has 1 saturated carbocycles. The number of benzene rings is 2. The predicted octanol–water partition coefficient (Wildman–Crippen LogP) is 7.04.